The Labute approximate surface area is 166 Å². The van der Waals surface area contributed by atoms with Crippen molar-refractivity contribution in [3.63, 3.8) is 0 Å². The van der Waals surface area contributed by atoms with E-state index >= 15 is 0 Å². The molecule has 0 aliphatic heterocycles. The maximum Gasteiger partial charge on any atom is 0.278 e. The molecule has 0 saturated carbocycles. The number of benzene rings is 1. The smallest absolute Gasteiger partial charge is 0.278 e. The van der Waals surface area contributed by atoms with Crippen molar-refractivity contribution in [2.45, 2.75) is 6.54 Å². The van der Waals surface area contributed by atoms with E-state index < -0.39 is 0 Å². The molecule has 3 N–H and O–H groups in total. The maximum absolute atomic E-state index is 13.1. The summed E-state index contributed by atoms with van der Waals surface area (Å²) in [5, 5.41) is 2.89. The summed E-state index contributed by atoms with van der Waals surface area (Å²) in [6, 6.07) is 14.3. The molecule has 3 aromatic heterocycles. The van der Waals surface area contributed by atoms with Gasteiger partial charge in [0.25, 0.3) is 17.1 Å². The van der Waals surface area contributed by atoms with Crippen LogP contribution in [0.2, 0.25) is 0 Å². The number of hydrogen-bond donors (Lipinski definition) is 2. The molecule has 1 amide bonds. The third-order valence-corrected chi connectivity index (χ3v) is 4.83. The number of hydrogen-bond acceptors (Lipinski definition) is 5. The fourth-order valence-electron chi connectivity index (χ4n) is 3.29. The number of methoxy groups -OCH3 is 1. The Morgan fingerprint density at radius 2 is 2.00 bits per heavy atom. The van der Waals surface area contributed by atoms with Crippen LogP contribution in [0.25, 0.3) is 16.7 Å². The van der Waals surface area contributed by atoms with Gasteiger partial charge in [-0.3, -0.25) is 14.0 Å². The highest BCUT2D eigenvalue weighted by atomic mass is 16.5. The number of ether oxygens (including phenoxy) is 1. The van der Waals surface area contributed by atoms with Crippen LogP contribution in [0.3, 0.4) is 0 Å². The lowest BCUT2D eigenvalue weighted by atomic mass is 10.1. The van der Waals surface area contributed by atoms with Crippen molar-refractivity contribution in [2.75, 3.05) is 19.9 Å². The van der Waals surface area contributed by atoms with E-state index in [-0.39, 0.29) is 22.8 Å². The van der Waals surface area contributed by atoms with Gasteiger partial charge in [0.1, 0.15) is 16.7 Å². The largest absolute Gasteiger partial charge is 0.497 e. The molecule has 0 aliphatic carbocycles. The van der Waals surface area contributed by atoms with Crippen LogP contribution >= 0.6 is 0 Å². The van der Waals surface area contributed by atoms with E-state index in [4.69, 9.17) is 10.5 Å². The summed E-state index contributed by atoms with van der Waals surface area (Å²) >= 11 is 0. The number of fused-ring (bicyclic) bond motifs is 2. The minimum atomic E-state index is -0.370. The normalized spacial score (nSPS) is 11.0. The first-order chi connectivity index (χ1) is 14.0. The van der Waals surface area contributed by atoms with E-state index in [0.29, 0.717) is 23.2 Å². The molecule has 0 fully saturated rings. The molecule has 146 valence electrons. The van der Waals surface area contributed by atoms with E-state index in [1.54, 1.807) is 30.0 Å². The number of carbonyl (C=O) groups is 1. The predicted octanol–water partition coefficient (Wildman–Crippen LogP) is 1.13. The molecule has 8 heteroatoms. The Balaban J connectivity index is 2.02. The number of nitrogens with zero attached hydrogens (tertiary/aromatic N) is 3. The molecule has 0 atom stereocenters. The van der Waals surface area contributed by atoms with Crippen molar-refractivity contribution in [1.29, 1.82) is 0 Å². The van der Waals surface area contributed by atoms with Crippen LogP contribution in [0, 0.1) is 0 Å². The zero-order valence-corrected chi connectivity index (χ0v) is 16.0. The first kappa shape index (κ1) is 18.4. The summed E-state index contributed by atoms with van der Waals surface area (Å²) in [6.07, 6.45) is 1.65. The number of nitrogens with one attached hydrogen (secondary N) is 1. The number of anilines is 1. The summed E-state index contributed by atoms with van der Waals surface area (Å²) in [5.41, 5.74) is 8.16. The molecule has 0 unspecified atom stereocenters. The summed E-state index contributed by atoms with van der Waals surface area (Å²) in [5.74, 6) is 0.600. The highest BCUT2D eigenvalue weighted by molar-refractivity contribution is 6.00. The topological polar surface area (TPSA) is 103 Å². The Bertz CT molecular complexity index is 1300. The zero-order valence-electron chi connectivity index (χ0n) is 16.0. The second kappa shape index (κ2) is 7.23. The van der Waals surface area contributed by atoms with Gasteiger partial charge in [0.05, 0.1) is 13.7 Å². The minimum Gasteiger partial charge on any atom is -0.497 e. The first-order valence-electron chi connectivity index (χ1n) is 9.02. The Kier molecular flexibility index (Phi) is 4.59. The van der Waals surface area contributed by atoms with Gasteiger partial charge in [-0.1, -0.05) is 23.2 Å². The number of nitrogens with two attached hydrogens (primary N) is 1. The van der Waals surface area contributed by atoms with Crippen LogP contribution in [0.1, 0.15) is 15.9 Å². The van der Waals surface area contributed by atoms with E-state index in [9.17, 15) is 9.59 Å². The maximum atomic E-state index is 13.1. The lowest BCUT2D eigenvalue weighted by molar-refractivity contribution is -0.649. The van der Waals surface area contributed by atoms with Crippen molar-refractivity contribution in [1.82, 2.24) is 14.7 Å². The Morgan fingerprint density at radius 3 is 2.69 bits per heavy atom. The van der Waals surface area contributed by atoms with Crippen molar-refractivity contribution in [2.24, 2.45) is 0 Å². The van der Waals surface area contributed by atoms with Gasteiger partial charge in [0.15, 0.2) is 0 Å². The molecule has 3 heterocycles. The van der Waals surface area contributed by atoms with Crippen molar-refractivity contribution < 1.29 is 14.1 Å². The molecule has 0 spiro atoms. The van der Waals surface area contributed by atoms with Crippen LogP contribution in [0.4, 0.5) is 5.82 Å². The molecular weight excluding hydrogens is 370 g/mol. The molecule has 1 aromatic carbocycles. The van der Waals surface area contributed by atoms with Crippen LogP contribution in [-0.2, 0) is 6.54 Å². The van der Waals surface area contributed by atoms with Gasteiger partial charge in [-0.2, -0.15) is 0 Å². The highest BCUT2D eigenvalue weighted by Gasteiger charge is 2.24. The van der Waals surface area contributed by atoms with Gasteiger partial charge in [-0.25, -0.2) is 4.57 Å². The number of rotatable bonds is 4. The number of carbonyl (C=O) groups excluding carboxylic acids is 1. The third-order valence-electron chi connectivity index (χ3n) is 4.83. The monoisotopic (exact) mass is 390 g/mol. The van der Waals surface area contributed by atoms with Gasteiger partial charge in [0, 0.05) is 13.2 Å². The molecule has 0 bridgehead atoms. The number of nitrogen functional groups attached to an aromatic ring is 1. The van der Waals surface area contributed by atoms with Gasteiger partial charge >= 0.3 is 0 Å². The number of pyridine rings is 2. The fourth-order valence-corrected chi connectivity index (χ4v) is 3.29. The molecule has 0 saturated heterocycles. The quantitative estimate of drug-likeness (QED) is 0.402. The van der Waals surface area contributed by atoms with Crippen LogP contribution in [0.5, 0.6) is 5.75 Å². The average molecular weight is 390 g/mol. The summed E-state index contributed by atoms with van der Waals surface area (Å²) < 4.78 is 8.34. The van der Waals surface area contributed by atoms with E-state index in [2.05, 4.69) is 10.3 Å². The third kappa shape index (κ3) is 3.14. The van der Waals surface area contributed by atoms with Crippen LogP contribution in [-0.4, -0.2) is 29.4 Å². The molecular formula is C21H20N5O3+. The lowest BCUT2D eigenvalue weighted by Gasteiger charge is -2.12. The standard InChI is InChI=1S/C21H19N5O3/c1-23-20(27)15-11-16-19(24-17-5-3-4-10-25(17)21(16)28)26(18(15)22)12-13-6-8-14(29-2)9-7-13/h3-11,22H,12H2,1-2H3,(H,23,27)/p+1. The molecule has 0 aliphatic rings. The Morgan fingerprint density at radius 1 is 1.24 bits per heavy atom. The molecule has 29 heavy (non-hydrogen) atoms. The van der Waals surface area contributed by atoms with Crippen LogP contribution < -0.4 is 25.9 Å². The number of amides is 1. The molecule has 4 rings (SSSR count). The summed E-state index contributed by atoms with van der Waals surface area (Å²) in [7, 11) is 3.12. The predicted molar refractivity (Wildman–Crippen MR) is 109 cm³/mol. The van der Waals surface area contributed by atoms with Crippen molar-refractivity contribution in [3.8, 4) is 5.75 Å². The van der Waals surface area contributed by atoms with E-state index in [0.717, 1.165) is 11.3 Å². The summed E-state index contributed by atoms with van der Waals surface area (Å²) in [6.45, 7) is 0.340. The van der Waals surface area contributed by atoms with Crippen molar-refractivity contribution >= 4 is 28.4 Å². The lowest BCUT2D eigenvalue weighted by Crippen LogP contribution is -2.43. The van der Waals surface area contributed by atoms with Crippen molar-refractivity contribution in [3.05, 3.63) is 76.2 Å². The second-order valence-corrected chi connectivity index (χ2v) is 6.54. The minimum absolute atomic E-state index is 0.225. The first-order valence-corrected chi connectivity index (χ1v) is 9.02. The molecule has 0 radical (unpaired) electrons. The SMILES string of the molecule is CNC(=O)c1cc2c(=O)n3ccccc3nc2[n+](Cc2ccc(OC)cc2)c1N. The van der Waals surface area contributed by atoms with Gasteiger partial charge in [-0.05, 0) is 35.9 Å². The summed E-state index contributed by atoms with van der Waals surface area (Å²) in [4.78, 5) is 30.1. The fraction of sp³-hybridized carbons (Fsp3) is 0.143. The van der Waals surface area contributed by atoms with Gasteiger partial charge in [0.2, 0.25) is 11.5 Å². The second-order valence-electron chi connectivity index (χ2n) is 6.54. The van der Waals surface area contributed by atoms with Gasteiger partial charge < -0.3 is 15.8 Å². The number of aromatic nitrogens is 3. The molecule has 4 aromatic rings. The van der Waals surface area contributed by atoms with E-state index in [1.807, 2.05) is 30.3 Å². The Hall–Kier alpha value is -3.94. The zero-order chi connectivity index (χ0) is 20.5. The van der Waals surface area contributed by atoms with Gasteiger partial charge in [-0.15, -0.1) is 0 Å². The average Bonchev–Trinajstić information content (AvgIpc) is 2.76. The molecule has 8 nitrogen and oxygen atoms in total. The van der Waals surface area contributed by atoms with Crippen LogP contribution in [0.15, 0.2) is 59.5 Å². The highest BCUT2D eigenvalue weighted by Crippen LogP contribution is 2.17. The van der Waals surface area contributed by atoms with E-state index in [1.165, 1.54) is 17.5 Å².